The fourth-order valence-corrected chi connectivity index (χ4v) is 5.31. The highest BCUT2D eigenvalue weighted by Gasteiger charge is 2.36. The van der Waals surface area contributed by atoms with Gasteiger partial charge in [0.25, 0.3) is 5.56 Å². The van der Waals surface area contributed by atoms with Crippen LogP contribution >= 0.6 is 22.9 Å². The number of rotatable bonds is 6. The van der Waals surface area contributed by atoms with Crippen LogP contribution in [0.15, 0.2) is 58.7 Å². The van der Waals surface area contributed by atoms with E-state index in [9.17, 15) is 23.6 Å². The van der Waals surface area contributed by atoms with Gasteiger partial charge in [-0.2, -0.15) is 9.78 Å². The minimum Gasteiger partial charge on any atom is -0.461 e. The summed E-state index contributed by atoms with van der Waals surface area (Å²) >= 11 is 6.97. The summed E-state index contributed by atoms with van der Waals surface area (Å²) in [6.07, 6.45) is -0.0130. The Morgan fingerprint density at radius 2 is 1.95 bits per heavy atom. The number of nitrogens with one attached hydrogen (secondary N) is 1. The van der Waals surface area contributed by atoms with E-state index in [1.54, 1.807) is 31.2 Å². The molecule has 0 aliphatic carbocycles. The Bertz CT molecular complexity index is 1640. The van der Waals surface area contributed by atoms with Crippen molar-refractivity contribution in [3.8, 4) is 5.69 Å². The fourth-order valence-electron chi connectivity index (χ4n) is 4.24. The van der Waals surface area contributed by atoms with Crippen molar-refractivity contribution in [1.29, 1.82) is 0 Å². The van der Waals surface area contributed by atoms with E-state index >= 15 is 0 Å². The van der Waals surface area contributed by atoms with Crippen molar-refractivity contribution in [2.24, 2.45) is 5.92 Å². The summed E-state index contributed by atoms with van der Waals surface area (Å²) in [5, 5.41) is 9.38. The molecule has 12 heteroatoms. The Morgan fingerprint density at radius 3 is 2.66 bits per heavy atom. The van der Waals surface area contributed by atoms with Crippen LogP contribution in [-0.4, -0.2) is 40.7 Å². The number of aromatic nitrogens is 2. The first kappa shape index (κ1) is 25.6. The number of ether oxygens (including phenoxy) is 1. The van der Waals surface area contributed by atoms with Crippen molar-refractivity contribution in [3.63, 3.8) is 0 Å². The van der Waals surface area contributed by atoms with E-state index in [2.05, 4.69) is 10.4 Å². The maximum absolute atomic E-state index is 13.9. The molecular formula is C26H20ClFN4O5S. The van der Waals surface area contributed by atoms with Crippen molar-refractivity contribution >= 4 is 62.2 Å². The summed E-state index contributed by atoms with van der Waals surface area (Å²) in [7, 11) is 0. The number of anilines is 2. The van der Waals surface area contributed by atoms with Crippen LogP contribution in [0.25, 0.3) is 16.5 Å². The molecule has 0 spiro atoms. The van der Waals surface area contributed by atoms with Crippen LogP contribution < -0.4 is 15.8 Å². The Balaban J connectivity index is 1.50. The Morgan fingerprint density at radius 1 is 1.18 bits per heavy atom. The average molecular weight is 555 g/mol. The summed E-state index contributed by atoms with van der Waals surface area (Å²) in [5.41, 5.74) is -0.0711. The lowest BCUT2D eigenvalue weighted by atomic mass is 10.1. The van der Waals surface area contributed by atoms with Gasteiger partial charge in [0.1, 0.15) is 10.8 Å². The number of nitrogens with zero attached hydrogens (tertiary/aromatic N) is 3. The third kappa shape index (κ3) is 4.77. The number of benzene rings is 2. The monoisotopic (exact) mass is 554 g/mol. The van der Waals surface area contributed by atoms with Crippen molar-refractivity contribution < 1.29 is 23.5 Å². The Kier molecular flexibility index (Phi) is 6.96. The molecule has 1 fully saturated rings. The third-order valence-electron chi connectivity index (χ3n) is 6.04. The van der Waals surface area contributed by atoms with Crippen molar-refractivity contribution in [2.45, 2.75) is 13.3 Å². The number of hydrogen-bond donors (Lipinski definition) is 1. The second-order valence-corrected chi connectivity index (χ2v) is 9.81. The quantitative estimate of drug-likeness (QED) is 0.354. The average Bonchev–Trinajstić information content (AvgIpc) is 3.49. The maximum Gasteiger partial charge on any atom is 0.359 e. The normalized spacial score (nSPS) is 15.2. The van der Waals surface area contributed by atoms with Crippen molar-refractivity contribution in [1.82, 2.24) is 9.78 Å². The number of carbonyl (C=O) groups is 3. The number of thiophene rings is 1. The van der Waals surface area contributed by atoms with Gasteiger partial charge in [0, 0.05) is 34.4 Å². The zero-order valence-corrected chi connectivity index (χ0v) is 21.5. The second kappa shape index (κ2) is 10.3. The molecule has 0 saturated carbocycles. The molecule has 194 valence electrons. The predicted molar refractivity (Wildman–Crippen MR) is 142 cm³/mol. The first-order valence-electron chi connectivity index (χ1n) is 11.6. The molecule has 0 radical (unpaired) electrons. The predicted octanol–water partition coefficient (Wildman–Crippen LogP) is 4.41. The summed E-state index contributed by atoms with van der Waals surface area (Å²) in [6, 6.07) is 11.9. The van der Waals surface area contributed by atoms with Gasteiger partial charge in [0.15, 0.2) is 5.69 Å². The molecule has 2 aromatic heterocycles. The lowest BCUT2D eigenvalue weighted by Crippen LogP contribution is -2.29. The van der Waals surface area contributed by atoms with E-state index in [0.717, 1.165) is 22.1 Å². The first-order valence-corrected chi connectivity index (χ1v) is 12.9. The zero-order chi connectivity index (χ0) is 27.0. The third-order valence-corrected chi connectivity index (χ3v) is 7.19. The van der Waals surface area contributed by atoms with Crippen LogP contribution in [0.3, 0.4) is 0 Å². The van der Waals surface area contributed by atoms with Crippen LogP contribution in [0.2, 0.25) is 5.02 Å². The van der Waals surface area contributed by atoms with Crippen LogP contribution in [-0.2, 0) is 14.3 Å². The Hall–Kier alpha value is -4.09. The molecule has 38 heavy (non-hydrogen) atoms. The molecule has 2 amide bonds. The van der Waals surface area contributed by atoms with E-state index in [1.807, 2.05) is 0 Å². The minimum absolute atomic E-state index is 0.0130. The highest BCUT2D eigenvalue weighted by molar-refractivity contribution is 7.16. The zero-order valence-electron chi connectivity index (χ0n) is 19.9. The Labute approximate surface area is 224 Å². The van der Waals surface area contributed by atoms with E-state index < -0.39 is 29.2 Å². The van der Waals surface area contributed by atoms with Crippen LogP contribution in [0.1, 0.15) is 23.8 Å². The number of halogens is 2. The van der Waals surface area contributed by atoms with E-state index in [0.29, 0.717) is 10.7 Å². The molecule has 0 bridgehead atoms. The molecule has 3 heterocycles. The summed E-state index contributed by atoms with van der Waals surface area (Å²) in [5.74, 6) is -2.70. The smallest absolute Gasteiger partial charge is 0.359 e. The van der Waals surface area contributed by atoms with Crippen molar-refractivity contribution in [2.75, 3.05) is 23.4 Å². The van der Waals surface area contributed by atoms with Gasteiger partial charge in [-0.15, -0.1) is 11.3 Å². The maximum atomic E-state index is 13.9. The molecule has 4 aromatic rings. The topological polar surface area (TPSA) is 111 Å². The molecule has 1 aliphatic heterocycles. The number of amides is 2. The molecule has 1 atom stereocenters. The molecule has 2 aromatic carbocycles. The van der Waals surface area contributed by atoms with E-state index in [1.165, 1.54) is 28.5 Å². The second-order valence-electron chi connectivity index (χ2n) is 8.49. The van der Waals surface area contributed by atoms with Crippen LogP contribution in [0, 0.1) is 11.7 Å². The van der Waals surface area contributed by atoms with Gasteiger partial charge in [0.2, 0.25) is 11.8 Å². The molecule has 9 nitrogen and oxygen atoms in total. The van der Waals surface area contributed by atoms with Gasteiger partial charge in [-0.25, -0.2) is 9.18 Å². The van der Waals surface area contributed by atoms with Gasteiger partial charge in [-0.1, -0.05) is 17.7 Å². The minimum atomic E-state index is -0.765. The molecule has 5 rings (SSSR count). The first-order chi connectivity index (χ1) is 18.3. The molecule has 1 unspecified atom stereocenters. The largest absolute Gasteiger partial charge is 0.461 e. The lowest BCUT2D eigenvalue weighted by molar-refractivity contribution is -0.122. The highest BCUT2D eigenvalue weighted by atomic mass is 35.5. The lowest BCUT2D eigenvalue weighted by Gasteiger charge is -2.16. The standard InChI is InChI=1S/C26H20ClFN4O5S/c1-2-37-26(36)22-19-13-38-24(21(19)25(35)32(30-22)18-5-3-4-16(28)11-18)29-23(34)14-10-20(33)31(12-14)17-8-6-15(27)7-9-17/h3-9,11,13-14H,2,10,12H2,1H3,(H,29,34). The highest BCUT2D eigenvalue weighted by Crippen LogP contribution is 2.33. The summed E-state index contributed by atoms with van der Waals surface area (Å²) in [4.78, 5) is 53.5. The molecule has 1 saturated heterocycles. The number of hydrogen-bond acceptors (Lipinski definition) is 7. The van der Waals surface area contributed by atoms with Gasteiger partial charge >= 0.3 is 5.97 Å². The molecular weight excluding hydrogens is 535 g/mol. The van der Waals surface area contributed by atoms with Crippen LogP contribution in [0.4, 0.5) is 15.1 Å². The van der Waals surface area contributed by atoms with Gasteiger partial charge in [-0.05, 0) is 49.4 Å². The summed E-state index contributed by atoms with van der Waals surface area (Å²) in [6.45, 7) is 1.86. The number of carbonyl (C=O) groups excluding carboxylic acids is 3. The number of fused-ring (bicyclic) bond motifs is 1. The van der Waals surface area contributed by atoms with Crippen molar-refractivity contribution in [3.05, 3.63) is 80.8 Å². The fraction of sp³-hybridized carbons (Fsp3) is 0.192. The van der Waals surface area contributed by atoms with Crippen LogP contribution in [0.5, 0.6) is 0 Å². The number of esters is 1. The molecule has 1 N–H and O–H groups in total. The summed E-state index contributed by atoms with van der Waals surface area (Å²) < 4.78 is 19.9. The van der Waals surface area contributed by atoms with E-state index in [4.69, 9.17) is 16.3 Å². The van der Waals surface area contributed by atoms with Gasteiger partial charge in [-0.3, -0.25) is 14.4 Å². The SMILES string of the molecule is CCOC(=O)c1nn(-c2cccc(F)c2)c(=O)c2c(NC(=O)C3CC(=O)N(c4ccc(Cl)cc4)C3)scc12. The molecule has 1 aliphatic rings. The van der Waals surface area contributed by atoms with Gasteiger partial charge < -0.3 is 15.0 Å². The van der Waals surface area contributed by atoms with E-state index in [-0.39, 0.29) is 52.6 Å². The van der Waals surface area contributed by atoms with Gasteiger partial charge in [0.05, 0.1) is 23.6 Å².